The van der Waals surface area contributed by atoms with E-state index in [1.165, 1.54) is 5.39 Å². The number of nitrogens with two attached hydrogens (primary N) is 1. The monoisotopic (exact) mass is 316 g/mol. The molecule has 0 radical (unpaired) electrons. The molecule has 0 aliphatic carbocycles. The zero-order valence-electron chi connectivity index (χ0n) is 13.8. The molecule has 0 saturated carbocycles. The number of aromatic nitrogens is 1. The van der Waals surface area contributed by atoms with Crippen LogP contribution in [0.1, 0.15) is 19.5 Å². The van der Waals surface area contributed by atoms with E-state index in [4.69, 9.17) is 5.73 Å². The number of nitrogens with zero attached hydrogens (tertiary/aromatic N) is 1. The number of primary amides is 1. The topological polar surface area (TPSA) is 89.2 Å². The maximum atomic E-state index is 11.9. The van der Waals surface area contributed by atoms with Crippen LogP contribution in [0.5, 0.6) is 0 Å². The molecule has 0 bridgehead atoms. The van der Waals surface area contributed by atoms with Crippen molar-refractivity contribution in [3.05, 3.63) is 36.0 Å². The number of carbonyl (C=O) groups excluding carboxylic acids is 2. The fourth-order valence-electron chi connectivity index (χ4n) is 2.68. The van der Waals surface area contributed by atoms with Crippen LogP contribution in [-0.4, -0.2) is 29.1 Å². The molecule has 0 aliphatic heterocycles. The molecule has 2 aromatic rings. The Morgan fingerprint density at radius 2 is 1.96 bits per heavy atom. The number of rotatable bonds is 6. The van der Waals surface area contributed by atoms with Crippen LogP contribution in [0, 0.1) is 12.8 Å². The van der Waals surface area contributed by atoms with Gasteiger partial charge >= 0.3 is 6.03 Å². The first-order chi connectivity index (χ1) is 10.9. The van der Waals surface area contributed by atoms with Gasteiger partial charge in [0.05, 0.1) is 0 Å². The molecule has 4 N–H and O–H groups in total. The van der Waals surface area contributed by atoms with Gasteiger partial charge in [0, 0.05) is 24.3 Å². The molecule has 6 nitrogen and oxygen atoms in total. The van der Waals surface area contributed by atoms with Crippen molar-refractivity contribution in [2.45, 2.75) is 33.4 Å². The minimum absolute atomic E-state index is 0.0473. The van der Waals surface area contributed by atoms with E-state index >= 15 is 0 Å². The Hall–Kier alpha value is -2.50. The third-order valence-electron chi connectivity index (χ3n) is 3.90. The van der Waals surface area contributed by atoms with Gasteiger partial charge in [0.25, 0.3) is 0 Å². The third-order valence-corrected chi connectivity index (χ3v) is 3.90. The van der Waals surface area contributed by atoms with Crippen molar-refractivity contribution in [3.63, 3.8) is 0 Å². The number of nitrogens with one attached hydrogen (secondary N) is 2. The number of carbonyl (C=O) groups is 2. The molecular weight excluding hydrogens is 292 g/mol. The van der Waals surface area contributed by atoms with Gasteiger partial charge in [-0.3, -0.25) is 4.79 Å². The summed E-state index contributed by atoms with van der Waals surface area (Å²) in [6.45, 7) is 6.85. The SMILES string of the molecule is Cc1cc2ccccc2n1CCNC(=O)N[C@H](C(N)=O)C(C)C. The summed E-state index contributed by atoms with van der Waals surface area (Å²) in [6, 6.07) is 9.22. The Morgan fingerprint density at radius 1 is 1.26 bits per heavy atom. The van der Waals surface area contributed by atoms with E-state index < -0.39 is 11.9 Å². The van der Waals surface area contributed by atoms with Crippen molar-refractivity contribution in [2.24, 2.45) is 11.7 Å². The van der Waals surface area contributed by atoms with Crippen LogP contribution in [-0.2, 0) is 11.3 Å². The zero-order chi connectivity index (χ0) is 17.0. The van der Waals surface area contributed by atoms with Crippen molar-refractivity contribution in [2.75, 3.05) is 6.54 Å². The fourth-order valence-corrected chi connectivity index (χ4v) is 2.68. The molecule has 6 heteroatoms. The highest BCUT2D eigenvalue weighted by Crippen LogP contribution is 2.18. The summed E-state index contributed by atoms with van der Waals surface area (Å²) in [5.41, 5.74) is 7.58. The maximum absolute atomic E-state index is 11.9. The van der Waals surface area contributed by atoms with Gasteiger partial charge in [-0.25, -0.2) is 4.79 Å². The van der Waals surface area contributed by atoms with Crippen LogP contribution < -0.4 is 16.4 Å². The lowest BCUT2D eigenvalue weighted by Gasteiger charge is -2.19. The van der Waals surface area contributed by atoms with Gasteiger partial charge in [0.1, 0.15) is 6.04 Å². The molecular formula is C17H24N4O2. The van der Waals surface area contributed by atoms with Crippen LogP contribution in [0.15, 0.2) is 30.3 Å². The summed E-state index contributed by atoms with van der Waals surface area (Å²) >= 11 is 0. The molecule has 0 spiro atoms. The Bertz CT molecular complexity index is 706. The van der Waals surface area contributed by atoms with Crippen LogP contribution in [0.2, 0.25) is 0 Å². The number of aryl methyl sites for hydroxylation is 1. The van der Waals surface area contributed by atoms with E-state index in [-0.39, 0.29) is 11.9 Å². The summed E-state index contributed by atoms with van der Waals surface area (Å²) in [7, 11) is 0. The zero-order valence-corrected chi connectivity index (χ0v) is 13.8. The summed E-state index contributed by atoms with van der Waals surface area (Å²) in [6.07, 6.45) is 0. The number of hydrogen-bond donors (Lipinski definition) is 3. The smallest absolute Gasteiger partial charge is 0.315 e. The Labute approximate surface area is 136 Å². The van der Waals surface area contributed by atoms with E-state index in [0.717, 1.165) is 11.2 Å². The normalized spacial score (nSPS) is 12.3. The van der Waals surface area contributed by atoms with E-state index in [1.54, 1.807) is 0 Å². The lowest BCUT2D eigenvalue weighted by atomic mass is 10.0. The number of hydrogen-bond acceptors (Lipinski definition) is 2. The number of para-hydroxylation sites is 1. The largest absolute Gasteiger partial charge is 0.368 e. The van der Waals surface area contributed by atoms with Crippen molar-refractivity contribution >= 4 is 22.8 Å². The van der Waals surface area contributed by atoms with E-state index in [2.05, 4.69) is 33.4 Å². The standard InChI is InChI=1S/C17H24N4O2/c1-11(2)15(16(18)22)20-17(23)19-8-9-21-12(3)10-13-6-4-5-7-14(13)21/h4-7,10-11,15H,8-9H2,1-3H3,(H2,18,22)(H2,19,20,23)/t15-/m0/s1. The van der Waals surface area contributed by atoms with Gasteiger partial charge in [0.2, 0.25) is 5.91 Å². The fraction of sp³-hybridized carbons (Fsp3) is 0.412. The Balaban J connectivity index is 1.92. The minimum Gasteiger partial charge on any atom is -0.368 e. The average Bonchev–Trinajstić information content (AvgIpc) is 2.80. The maximum Gasteiger partial charge on any atom is 0.315 e. The minimum atomic E-state index is -0.663. The highest BCUT2D eigenvalue weighted by molar-refractivity contribution is 5.86. The number of amides is 3. The number of benzene rings is 1. The Morgan fingerprint density at radius 3 is 2.61 bits per heavy atom. The highest BCUT2D eigenvalue weighted by atomic mass is 16.2. The molecule has 3 amide bonds. The second kappa shape index (κ2) is 7.17. The molecule has 0 saturated heterocycles. The van der Waals surface area contributed by atoms with Crippen LogP contribution in [0.25, 0.3) is 10.9 Å². The van der Waals surface area contributed by atoms with Crippen LogP contribution in [0.3, 0.4) is 0 Å². The second-order valence-corrected chi connectivity index (χ2v) is 6.02. The molecule has 1 aromatic carbocycles. The highest BCUT2D eigenvalue weighted by Gasteiger charge is 2.21. The lowest BCUT2D eigenvalue weighted by Crippen LogP contribution is -2.51. The molecule has 124 valence electrons. The van der Waals surface area contributed by atoms with Crippen LogP contribution >= 0.6 is 0 Å². The molecule has 1 aromatic heterocycles. The number of urea groups is 1. The average molecular weight is 316 g/mol. The first kappa shape index (κ1) is 16.9. The third kappa shape index (κ3) is 4.03. The second-order valence-electron chi connectivity index (χ2n) is 6.02. The summed E-state index contributed by atoms with van der Waals surface area (Å²) in [4.78, 5) is 23.2. The Kier molecular flexibility index (Phi) is 5.26. The predicted molar refractivity (Wildman–Crippen MR) is 91.0 cm³/mol. The van der Waals surface area contributed by atoms with Gasteiger partial charge in [-0.15, -0.1) is 0 Å². The first-order valence-corrected chi connectivity index (χ1v) is 7.78. The molecule has 0 fully saturated rings. The van der Waals surface area contributed by atoms with Gasteiger partial charge in [-0.1, -0.05) is 32.0 Å². The van der Waals surface area contributed by atoms with Gasteiger partial charge in [-0.2, -0.15) is 0 Å². The van der Waals surface area contributed by atoms with Crippen molar-refractivity contribution in [1.82, 2.24) is 15.2 Å². The summed E-state index contributed by atoms with van der Waals surface area (Å²) in [5, 5.41) is 6.57. The molecule has 1 heterocycles. The van der Waals surface area contributed by atoms with Crippen molar-refractivity contribution in [3.8, 4) is 0 Å². The molecule has 0 unspecified atom stereocenters. The first-order valence-electron chi connectivity index (χ1n) is 7.78. The molecule has 1 atom stereocenters. The molecule has 2 rings (SSSR count). The van der Waals surface area contributed by atoms with E-state index in [9.17, 15) is 9.59 Å². The van der Waals surface area contributed by atoms with E-state index in [0.29, 0.717) is 13.1 Å². The quantitative estimate of drug-likeness (QED) is 0.758. The van der Waals surface area contributed by atoms with Gasteiger partial charge in [-0.05, 0) is 30.4 Å². The number of fused-ring (bicyclic) bond motifs is 1. The predicted octanol–water partition coefficient (Wildman–Crippen LogP) is 1.76. The molecule has 0 aliphatic rings. The van der Waals surface area contributed by atoms with E-state index in [1.807, 2.05) is 32.9 Å². The van der Waals surface area contributed by atoms with Gasteiger partial charge < -0.3 is 20.9 Å². The van der Waals surface area contributed by atoms with Gasteiger partial charge in [0.15, 0.2) is 0 Å². The van der Waals surface area contributed by atoms with Crippen molar-refractivity contribution < 1.29 is 9.59 Å². The summed E-state index contributed by atoms with van der Waals surface area (Å²) < 4.78 is 2.16. The molecule has 23 heavy (non-hydrogen) atoms. The lowest BCUT2D eigenvalue weighted by molar-refractivity contribution is -0.120. The van der Waals surface area contributed by atoms with Crippen LogP contribution in [0.4, 0.5) is 4.79 Å². The van der Waals surface area contributed by atoms with Crippen molar-refractivity contribution in [1.29, 1.82) is 0 Å². The summed E-state index contributed by atoms with van der Waals surface area (Å²) in [5.74, 6) is -0.573.